The Morgan fingerprint density at radius 2 is 1.75 bits per heavy atom. The van der Waals surface area contributed by atoms with Crippen molar-refractivity contribution in [1.82, 2.24) is 24.6 Å². The zero-order chi connectivity index (χ0) is 40.3. The van der Waals surface area contributed by atoms with Gasteiger partial charge in [-0.05, 0) is 61.6 Å². The molecule has 304 valence electrons. The number of ether oxygens (including phenoxy) is 2. The van der Waals surface area contributed by atoms with E-state index in [2.05, 4.69) is 24.8 Å². The van der Waals surface area contributed by atoms with Crippen LogP contribution in [0.15, 0.2) is 65.7 Å². The number of sulfone groups is 1. The lowest BCUT2D eigenvalue weighted by atomic mass is 9.99. The van der Waals surface area contributed by atoms with Crippen LogP contribution in [0.2, 0.25) is 0 Å². The first-order chi connectivity index (χ1) is 27.3. The number of methoxy groups -OCH3 is 1. The highest BCUT2D eigenvalue weighted by Gasteiger charge is 2.29. The molecule has 4 heterocycles. The number of hydrogen-bond acceptors (Lipinski definition) is 13. The van der Waals surface area contributed by atoms with Crippen LogP contribution in [0, 0.1) is 18.6 Å². The van der Waals surface area contributed by atoms with Gasteiger partial charge in [0.1, 0.15) is 27.2 Å². The lowest BCUT2D eigenvalue weighted by molar-refractivity contribution is 0.0853. The molecule has 2 fully saturated rings. The van der Waals surface area contributed by atoms with Crippen LogP contribution >= 0.6 is 11.3 Å². The van der Waals surface area contributed by atoms with Gasteiger partial charge < -0.3 is 19.7 Å². The molecule has 2 aromatic heterocycles. The molecule has 0 radical (unpaired) electrons. The van der Waals surface area contributed by atoms with E-state index in [1.165, 1.54) is 17.6 Å². The molecule has 1 unspecified atom stereocenters. The summed E-state index contributed by atoms with van der Waals surface area (Å²) < 4.78 is 92.6. The predicted molar refractivity (Wildman–Crippen MR) is 218 cm³/mol. The van der Waals surface area contributed by atoms with E-state index < -0.39 is 42.4 Å². The van der Waals surface area contributed by atoms with Gasteiger partial charge >= 0.3 is 0 Å². The molecule has 4 aromatic rings. The summed E-state index contributed by atoms with van der Waals surface area (Å²) in [6.45, 7) is 6.80. The minimum atomic E-state index is -4.54. The fraction of sp³-hybridized carbons (Fsp3) is 0.410. The first-order valence-corrected chi connectivity index (χ1v) is 23.0. The van der Waals surface area contributed by atoms with Crippen LogP contribution in [-0.4, -0.2) is 108 Å². The summed E-state index contributed by atoms with van der Waals surface area (Å²) in [5.74, 6) is -1.09. The Balaban J connectivity index is 1.15. The van der Waals surface area contributed by atoms with Gasteiger partial charge in [-0.3, -0.25) is 4.90 Å². The fourth-order valence-corrected chi connectivity index (χ4v) is 10.3. The summed E-state index contributed by atoms with van der Waals surface area (Å²) in [6, 6.07) is 7.92. The van der Waals surface area contributed by atoms with Gasteiger partial charge in [-0.25, -0.2) is 45.3 Å². The summed E-state index contributed by atoms with van der Waals surface area (Å²) in [7, 11) is -5.96. The molecule has 0 amide bonds. The molecular formula is C39H45F2N7O6S3. The van der Waals surface area contributed by atoms with E-state index in [9.17, 15) is 25.6 Å². The Hall–Kier alpha value is -4.33. The molecule has 18 heteroatoms. The average Bonchev–Trinajstić information content (AvgIpc) is 3.63. The number of piperazine rings is 1. The topological polar surface area (TPSA) is 156 Å². The number of halogens is 2. The van der Waals surface area contributed by atoms with Gasteiger partial charge in [0, 0.05) is 82.1 Å². The van der Waals surface area contributed by atoms with E-state index in [0.29, 0.717) is 54.1 Å². The van der Waals surface area contributed by atoms with Crippen molar-refractivity contribution in [2.24, 2.45) is 0 Å². The third-order valence-corrected chi connectivity index (χ3v) is 13.9. The molecule has 57 heavy (non-hydrogen) atoms. The van der Waals surface area contributed by atoms with E-state index in [1.54, 1.807) is 25.4 Å². The molecule has 2 N–H and O–H groups in total. The van der Waals surface area contributed by atoms with Crippen LogP contribution in [-0.2, 0) is 24.6 Å². The second-order valence-corrected chi connectivity index (χ2v) is 19.3. The Morgan fingerprint density at radius 3 is 2.46 bits per heavy atom. The van der Waals surface area contributed by atoms with Gasteiger partial charge in [0.15, 0.2) is 4.90 Å². The Morgan fingerprint density at radius 1 is 1.02 bits per heavy atom. The standard InChI is InChI=1S/C39H45F2N7O6S3/c1-25-22-32(34(53-2)24-33(25)48-16-14-47(15-17-48)18-21-56(3,49)50)44-39-42-13-10-31(43-39)36-35(45-38(55-36)26-11-19-54-20-12-26)27-6-4-7-28(23-27)46-57(51,52)37-29(40)8-5-9-30(37)41/h4-6,8-10,13,22-24,26,28,46H,7,11-12,14-21H2,1-3H3,(H,42,43,44). The van der Waals surface area contributed by atoms with Crippen molar-refractivity contribution >= 4 is 54.1 Å². The zero-order valence-corrected chi connectivity index (χ0v) is 34.3. The van der Waals surface area contributed by atoms with Crippen molar-refractivity contribution in [2.45, 2.75) is 43.0 Å². The maximum absolute atomic E-state index is 14.5. The molecule has 2 aromatic carbocycles. The maximum Gasteiger partial charge on any atom is 0.246 e. The highest BCUT2D eigenvalue weighted by Crippen LogP contribution is 2.41. The smallest absolute Gasteiger partial charge is 0.246 e. The number of hydrogen-bond donors (Lipinski definition) is 2. The van der Waals surface area contributed by atoms with Crippen molar-refractivity contribution in [1.29, 1.82) is 0 Å². The van der Waals surface area contributed by atoms with Crippen molar-refractivity contribution < 1.29 is 35.1 Å². The molecule has 1 atom stereocenters. The van der Waals surface area contributed by atoms with Gasteiger partial charge in [0.05, 0.1) is 39.8 Å². The lowest BCUT2D eigenvalue weighted by Crippen LogP contribution is -2.47. The number of benzene rings is 2. The quantitative estimate of drug-likeness (QED) is 0.170. The first-order valence-electron chi connectivity index (χ1n) is 18.7. The second-order valence-electron chi connectivity index (χ2n) is 14.3. The van der Waals surface area contributed by atoms with Gasteiger partial charge in [-0.15, -0.1) is 11.3 Å². The number of aryl methyl sites for hydroxylation is 1. The lowest BCUT2D eigenvalue weighted by Gasteiger charge is -2.37. The third-order valence-electron chi connectivity index (χ3n) is 10.2. The largest absolute Gasteiger partial charge is 0.494 e. The van der Waals surface area contributed by atoms with E-state index in [4.69, 9.17) is 19.4 Å². The zero-order valence-electron chi connectivity index (χ0n) is 31.9. The van der Waals surface area contributed by atoms with E-state index in [0.717, 1.165) is 78.4 Å². The van der Waals surface area contributed by atoms with Crippen molar-refractivity contribution in [3.63, 3.8) is 0 Å². The van der Waals surface area contributed by atoms with Crippen LogP contribution in [0.25, 0.3) is 16.1 Å². The number of anilines is 3. The number of thiazole rings is 1. The normalized spacial score (nSPS) is 18.4. The minimum absolute atomic E-state index is 0.145. The monoisotopic (exact) mass is 841 g/mol. The summed E-state index contributed by atoms with van der Waals surface area (Å²) >= 11 is 1.51. The molecule has 2 aliphatic heterocycles. The average molecular weight is 842 g/mol. The summed E-state index contributed by atoms with van der Waals surface area (Å²) in [4.78, 5) is 18.7. The SMILES string of the molecule is COc1cc(N2CCN(CCS(C)(=O)=O)CC2)c(C)cc1Nc1nccc(-c2sc(C3CCOCC3)nc2C2=CC(NS(=O)(=O)c3c(F)cccc3F)CC=C2)n1. The molecule has 3 aliphatic rings. The summed E-state index contributed by atoms with van der Waals surface area (Å²) in [5, 5.41) is 4.25. The van der Waals surface area contributed by atoms with Crippen LogP contribution in [0.1, 0.15) is 41.4 Å². The highest BCUT2D eigenvalue weighted by molar-refractivity contribution is 7.90. The Labute approximate surface area is 335 Å². The number of rotatable bonds is 13. The van der Waals surface area contributed by atoms with Crippen LogP contribution < -0.4 is 19.7 Å². The number of aromatic nitrogens is 3. The molecule has 0 saturated carbocycles. The third kappa shape index (κ3) is 9.69. The molecule has 2 saturated heterocycles. The van der Waals surface area contributed by atoms with Gasteiger partial charge in [0.2, 0.25) is 16.0 Å². The maximum atomic E-state index is 14.5. The van der Waals surface area contributed by atoms with E-state index in [1.807, 2.05) is 31.2 Å². The number of nitrogens with one attached hydrogen (secondary N) is 2. The number of sulfonamides is 1. The van der Waals surface area contributed by atoms with Gasteiger partial charge in [0.25, 0.3) is 0 Å². The first kappa shape index (κ1) is 40.9. The fourth-order valence-electron chi connectivity index (χ4n) is 7.20. The number of nitrogens with zero attached hydrogens (tertiary/aromatic N) is 5. The van der Waals surface area contributed by atoms with Gasteiger partial charge in [-0.1, -0.05) is 24.3 Å². The molecule has 7 rings (SSSR count). The molecular weight excluding hydrogens is 797 g/mol. The molecule has 13 nitrogen and oxygen atoms in total. The summed E-state index contributed by atoms with van der Waals surface area (Å²) in [6.07, 6.45) is 10.2. The minimum Gasteiger partial charge on any atom is -0.494 e. The Kier molecular flexibility index (Phi) is 12.4. The predicted octanol–water partition coefficient (Wildman–Crippen LogP) is 5.69. The molecule has 0 spiro atoms. The van der Waals surface area contributed by atoms with E-state index >= 15 is 0 Å². The Bertz CT molecular complexity index is 2370. The van der Waals surface area contributed by atoms with E-state index in [-0.39, 0.29) is 18.1 Å². The number of allylic oxidation sites excluding steroid dienone is 2. The highest BCUT2D eigenvalue weighted by atomic mass is 32.2. The van der Waals surface area contributed by atoms with Crippen LogP contribution in [0.4, 0.5) is 26.1 Å². The van der Waals surface area contributed by atoms with Crippen molar-refractivity contribution in [3.8, 4) is 16.3 Å². The van der Waals surface area contributed by atoms with Crippen molar-refractivity contribution in [2.75, 3.05) is 75.3 Å². The second kappa shape index (κ2) is 17.3. The van der Waals surface area contributed by atoms with Crippen molar-refractivity contribution in [3.05, 3.63) is 88.7 Å². The summed E-state index contributed by atoms with van der Waals surface area (Å²) in [5.41, 5.74) is 4.57. The van der Waals surface area contributed by atoms with Crippen LogP contribution in [0.3, 0.4) is 0 Å². The van der Waals surface area contributed by atoms with Gasteiger partial charge in [-0.2, -0.15) is 0 Å². The molecule has 1 aliphatic carbocycles. The molecule has 0 bridgehead atoms. The van der Waals surface area contributed by atoms with Crippen LogP contribution in [0.5, 0.6) is 5.75 Å².